The van der Waals surface area contributed by atoms with Crippen molar-refractivity contribution in [2.24, 2.45) is 11.7 Å². The van der Waals surface area contributed by atoms with Gasteiger partial charge in [-0.15, -0.1) is 0 Å². The molecule has 0 heterocycles. The van der Waals surface area contributed by atoms with Gasteiger partial charge < -0.3 is 5.73 Å². The number of rotatable bonds is 3. The van der Waals surface area contributed by atoms with Crippen LogP contribution < -0.4 is 5.73 Å². The Morgan fingerprint density at radius 2 is 2.00 bits per heavy atom. The average molecular weight is 209 g/mol. The summed E-state index contributed by atoms with van der Waals surface area (Å²) in [7, 11) is 0. The molecule has 0 bridgehead atoms. The second-order valence-corrected chi connectivity index (χ2v) is 4.91. The van der Waals surface area contributed by atoms with E-state index in [0.29, 0.717) is 12.3 Å². The lowest BCUT2D eigenvalue weighted by Crippen LogP contribution is -2.44. The van der Waals surface area contributed by atoms with E-state index in [-0.39, 0.29) is 11.4 Å². The Morgan fingerprint density at radius 1 is 1.40 bits per heavy atom. The predicted octanol–water partition coefficient (Wildman–Crippen LogP) is 3.05. The summed E-state index contributed by atoms with van der Waals surface area (Å²) in [6.07, 6.45) is 0.717. The number of nitrogens with two attached hydrogens (primary N) is 1. The first kappa shape index (κ1) is 12.2. The van der Waals surface area contributed by atoms with Crippen LogP contribution in [0.1, 0.15) is 31.9 Å². The summed E-state index contributed by atoms with van der Waals surface area (Å²) in [5, 5.41) is 0. The molecule has 84 valence electrons. The summed E-state index contributed by atoms with van der Waals surface area (Å²) < 4.78 is 13.1. The van der Waals surface area contributed by atoms with E-state index >= 15 is 0 Å². The Bertz CT molecular complexity index is 342. The van der Waals surface area contributed by atoms with Crippen LogP contribution in [0, 0.1) is 18.7 Å². The molecule has 0 aliphatic rings. The quantitative estimate of drug-likeness (QED) is 0.813. The van der Waals surface area contributed by atoms with E-state index in [1.54, 1.807) is 12.1 Å². The zero-order valence-electron chi connectivity index (χ0n) is 9.97. The smallest absolute Gasteiger partial charge is 0.123 e. The summed E-state index contributed by atoms with van der Waals surface area (Å²) >= 11 is 0. The van der Waals surface area contributed by atoms with Crippen LogP contribution in [0.3, 0.4) is 0 Å². The number of halogens is 1. The Balaban J connectivity index is 2.94. The summed E-state index contributed by atoms with van der Waals surface area (Å²) in [5.41, 5.74) is 8.02. The van der Waals surface area contributed by atoms with Gasteiger partial charge in [0.05, 0.1) is 0 Å². The molecule has 1 rings (SSSR count). The van der Waals surface area contributed by atoms with Gasteiger partial charge in [-0.3, -0.25) is 0 Å². The summed E-state index contributed by atoms with van der Waals surface area (Å²) in [5.74, 6) is 0.190. The summed E-state index contributed by atoms with van der Waals surface area (Å²) in [6, 6.07) is 4.88. The van der Waals surface area contributed by atoms with E-state index in [1.807, 2.05) is 13.8 Å². The molecule has 0 aromatic heterocycles. The van der Waals surface area contributed by atoms with Crippen LogP contribution in [-0.2, 0) is 6.42 Å². The maximum absolute atomic E-state index is 13.1. The molecule has 0 spiro atoms. The van der Waals surface area contributed by atoms with Crippen LogP contribution in [-0.4, -0.2) is 5.54 Å². The van der Waals surface area contributed by atoms with Crippen molar-refractivity contribution in [2.45, 2.75) is 39.7 Å². The van der Waals surface area contributed by atoms with Gasteiger partial charge in [-0.25, -0.2) is 4.39 Å². The number of hydrogen-bond donors (Lipinski definition) is 1. The third-order valence-corrected chi connectivity index (χ3v) is 3.20. The lowest BCUT2D eigenvalue weighted by molar-refractivity contribution is 0.337. The zero-order valence-corrected chi connectivity index (χ0v) is 9.97. The fourth-order valence-corrected chi connectivity index (χ4v) is 1.44. The minimum Gasteiger partial charge on any atom is -0.325 e. The standard InChI is InChI=1S/C13H20FN/c1-9(2)13(4,15)8-11-7-12(14)6-5-10(11)3/h5-7,9H,8,15H2,1-4H3. The number of benzene rings is 1. The molecule has 0 saturated carbocycles. The monoisotopic (exact) mass is 209 g/mol. The predicted molar refractivity (Wildman–Crippen MR) is 62.3 cm³/mol. The van der Waals surface area contributed by atoms with Crippen molar-refractivity contribution in [3.8, 4) is 0 Å². The Labute approximate surface area is 91.5 Å². The molecule has 0 amide bonds. The highest BCUT2D eigenvalue weighted by molar-refractivity contribution is 5.28. The van der Waals surface area contributed by atoms with E-state index in [4.69, 9.17) is 5.73 Å². The van der Waals surface area contributed by atoms with E-state index in [2.05, 4.69) is 13.8 Å². The second-order valence-electron chi connectivity index (χ2n) is 4.91. The third-order valence-electron chi connectivity index (χ3n) is 3.20. The van der Waals surface area contributed by atoms with Gasteiger partial charge in [-0.2, -0.15) is 0 Å². The van der Waals surface area contributed by atoms with Gasteiger partial charge in [0, 0.05) is 5.54 Å². The van der Waals surface area contributed by atoms with E-state index < -0.39 is 0 Å². The first-order valence-electron chi connectivity index (χ1n) is 5.37. The molecule has 0 saturated heterocycles. The first-order chi connectivity index (χ1) is 6.83. The van der Waals surface area contributed by atoms with Crippen molar-refractivity contribution in [1.82, 2.24) is 0 Å². The third kappa shape index (κ3) is 3.03. The maximum atomic E-state index is 13.1. The fraction of sp³-hybridized carbons (Fsp3) is 0.538. The lowest BCUT2D eigenvalue weighted by Gasteiger charge is -2.29. The molecule has 1 atom stereocenters. The molecule has 1 nitrogen and oxygen atoms in total. The molecule has 1 aromatic carbocycles. The van der Waals surface area contributed by atoms with Gasteiger partial charge >= 0.3 is 0 Å². The van der Waals surface area contributed by atoms with Gasteiger partial charge in [-0.05, 0) is 49.4 Å². The molecular weight excluding hydrogens is 189 g/mol. The van der Waals surface area contributed by atoms with Gasteiger partial charge in [-0.1, -0.05) is 19.9 Å². The highest BCUT2D eigenvalue weighted by Crippen LogP contribution is 2.21. The SMILES string of the molecule is Cc1ccc(F)cc1CC(C)(N)C(C)C. The van der Waals surface area contributed by atoms with Crippen LogP contribution >= 0.6 is 0 Å². The van der Waals surface area contributed by atoms with Crippen LogP contribution in [0.25, 0.3) is 0 Å². The van der Waals surface area contributed by atoms with Crippen molar-refractivity contribution in [3.63, 3.8) is 0 Å². The molecule has 0 radical (unpaired) electrons. The summed E-state index contributed by atoms with van der Waals surface area (Å²) in [4.78, 5) is 0. The highest BCUT2D eigenvalue weighted by Gasteiger charge is 2.24. The van der Waals surface area contributed by atoms with Gasteiger partial charge in [0.25, 0.3) is 0 Å². The largest absolute Gasteiger partial charge is 0.325 e. The Morgan fingerprint density at radius 3 is 2.53 bits per heavy atom. The fourth-order valence-electron chi connectivity index (χ4n) is 1.44. The number of hydrogen-bond acceptors (Lipinski definition) is 1. The molecule has 2 N–H and O–H groups in total. The van der Waals surface area contributed by atoms with Crippen molar-refractivity contribution in [2.75, 3.05) is 0 Å². The Hall–Kier alpha value is -0.890. The lowest BCUT2D eigenvalue weighted by atomic mass is 9.82. The topological polar surface area (TPSA) is 26.0 Å². The summed E-state index contributed by atoms with van der Waals surface area (Å²) in [6.45, 7) is 8.19. The Kier molecular flexibility index (Phi) is 3.50. The van der Waals surface area contributed by atoms with Crippen molar-refractivity contribution in [3.05, 3.63) is 35.1 Å². The molecule has 15 heavy (non-hydrogen) atoms. The minimum atomic E-state index is -0.279. The van der Waals surface area contributed by atoms with E-state index in [0.717, 1.165) is 11.1 Å². The van der Waals surface area contributed by atoms with Crippen LogP contribution in [0.2, 0.25) is 0 Å². The molecule has 0 fully saturated rings. The molecule has 1 aromatic rings. The normalized spacial score (nSPS) is 15.4. The van der Waals surface area contributed by atoms with E-state index in [9.17, 15) is 4.39 Å². The molecule has 2 heteroatoms. The van der Waals surface area contributed by atoms with Crippen molar-refractivity contribution in [1.29, 1.82) is 0 Å². The molecule has 0 aliphatic carbocycles. The molecule has 0 aliphatic heterocycles. The van der Waals surface area contributed by atoms with Crippen LogP contribution in [0.15, 0.2) is 18.2 Å². The zero-order chi connectivity index (χ0) is 11.6. The van der Waals surface area contributed by atoms with Crippen molar-refractivity contribution < 1.29 is 4.39 Å². The van der Waals surface area contributed by atoms with Crippen LogP contribution in [0.4, 0.5) is 4.39 Å². The van der Waals surface area contributed by atoms with Gasteiger partial charge in [0.15, 0.2) is 0 Å². The van der Waals surface area contributed by atoms with E-state index in [1.165, 1.54) is 6.07 Å². The van der Waals surface area contributed by atoms with Crippen molar-refractivity contribution >= 4 is 0 Å². The van der Waals surface area contributed by atoms with Gasteiger partial charge in [0.2, 0.25) is 0 Å². The average Bonchev–Trinajstić information content (AvgIpc) is 2.10. The molecule has 1 unspecified atom stereocenters. The minimum absolute atomic E-state index is 0.185. The molecular formula is C13H20FN. The van der Waals surface area contributed by atoms with Crippen LogP contribution in [0.5, 0.6) is 0 Å². The number of aryl methyl sites for hydroxylation is 1. The highest BCUT2D eigenvalue weighted by atomic mass is 19.1. The maximum Gasteiger partial charge on any atom is 0.123 e. The first-order valence-corrected chi connectivity index (χ1v) is 5.37. The van der Waals surface area contributed by atoms with Gasteiger partial charge in [0.1, 0.15) is 5.82 Å². The second kappa shape index (κ2) is 4.31.